The van der Waals surface area contributed by atoms with Crippen LogP contribution in [0, 0.1) is 6.92 Å². The highest BCUT2D eigenvalue weighted by Crippen LogP contribution is 2.30. The molecule has 0 amide bonds. The van der Waals surface area contributed by atoms with Crippen molar-refractivity contribution < 1.29 is 4.74 Å². The molecule has 0 fully saturated rings. The minimum absolute atomic E-state index is 0.111. The van der Waals surface area contributed by atoms with Gasteiger partial charge in [-0.3, -0.25) is 9.36 Å². The summed E-state index contributed by atoms with van der Waals surface area (Å²) in [7, 11) is 0. The normalized spacial score (nSPS) is 10.7. The largest absolute Gasteiger partial charge is 0.488 e. The van der Waals surface area contributed by atoms with Gasteiger partial charge in [0.05, 0.1) is 11.3 Å². The Morgan fingerprint density at radius 2 is 1.35 bits per heavy atom. The molecule has 5 aromatic rings. The third kappa shape index (κ3) is 5.78. The van der Waals surface area contributed by atoms with Gasteiger partial charge in [0, 0.05) is 12.2 Å². The second-order valence-corrected chi connectivity index (χ2v) is 8.85. The van der Waals surface area contributed by atoms with Crippen LogP contribution in [0.1, 0.15) is 16.8 Å². The number of anilines is 2. The zero-order valence-electron chi connectivity index (χ0n) is 20.8. The Balaban J connectivity index is 1.56. The van der Waals surface area contributed by atoms with E-state index in [9.17, 15) is 4.79 Å². The van der Waals surface area contributed by atoms with Gasteiger partial charge >= 0.3 is 0 Å². The fraction of sp³-hybridized carbons (Fsp3) is 0.125. The second-order valence-electron chi connectivity index (χ2n) is 8.85. The van der Waals surface area contributed by atoms with E-state index in [0.29, 0.717) is 42.5 Å². The summed E-state index contributed by atoms with van der Waals surface area (Å²) in [5.41, 5.74) is 4.87. The molecular weight excluding hydrogens is 458 g/mol. The molecule has 5 rings (SSSR count). The molecule has 0 saturated heterocycles. The number of para-hydroxylation sites is 2. The summed E-state index contributed by atoms with van der Waals surface area (Å²) >= 11 is 0. The maximum absolute atomic E-state index is 13.9. The SMILES string of the molecule is Cc1nc(-c2ccccc2OCc2ccccc2)n(CCc2ccccc2)c(=O)c1Nc1ccccc1. The van der Waals surface area contributed by atoms with Gasteiger partial charge in [-0.25, -0.2) is 4.98 Å². The van der Waals surface area contributed by atoms with Crippen LogP contribution in [0.5, 0.6) is 5.75 Å². The Labute approximate surface area is 217 Å². The quantitative estimate of drug-likeness (QED) is 0.249. The zero-order chi connectivity index (χ0) is 25.5. The molecule has 0 saturated carbocycles. The molecule has 1 N–H and O–H groups in total. The van der Waals surface area contributed by atoms with Crippen LogP contribution in [-0.4, -0.2) is 9.55 Å². The molecule has 1 heterocycles. The number of nitrogens with zero attached hydrogens (tertiary/aromatic N) is 2. The van der Waals surface area contributed by atoms with Crippen molar-refractivity contribution in [1.82, 2.24) is 9.55 Å². The lowest BCUT2D eigenvalue weighted by Crippen LogP contribution is -2.27. The van der Waals surface area contributed by atoms with Crippen LogP contribution in [-0.2, 0) is 19.6 Å². The van der Waals surface area contributed by atoms with Crippen molar-refractivity contribution in [1.29, 1.82) is 0 Å². The maximum atomic E-state index is 13.9. The van der Waals surface area contributed by atoms with Gasteiger partial charge in [0.15, 0.2) is 0 Å². The van der Waals surface area contributed by atoms with Gasteiger partial charge in [0.25, 0.3) is 5.56 Å². The van der Waals surface area contributed by atoms with Crippen LogP contribution in [0.2, 0.25) is 0 Å². The molecule has 5 nitrogen and oxygen atoms in total. The predicted octanol–water partition coefficient (Wildman–Crippen LogP) is 6.78. The second kappa shape index (κ2) is 11.4. The summed E-state index contributed by atoms with van der Waals surface area (Å²) in [6, 6.07) is 37.7. The highest BCUT2D eigenvalue weighted by molar-refractivity contribution is 5.68. The van der Waals surface area contributed by atoms with Gasteiger partial charge in [-0.1, -0.05) is 91.0 Å². The van der Waals surface area contributed by atoms with Gasteiger partial charge in [-0.15, -0.1) is 0 Å². The zero-order valence-corrected chi connectivity index (χ0v) is 20.8. The van der Waals surface area contributed by atoms with Crippen LogP contribution in [0.15, 0.2) is 120 Å². The predicted molar refractivity (Wildman–Crippen MR) is 149 cm³/mol. The molecule has 1 aromatic heterocycles. The molecule has 0 unspecified atom stereocenters. The topological polar surface area (TPSA) is 56.2 Å². The lowest BCUT2D eigenvalue weighted by molar-refractivity contribution is 0.307. The van der Waals surface area contributed by atoms with Gasteiger partial charge in [-0.2, -0.15) is 0 Å². The molecule has 0 aliphatic rings. The Kier molecular flexibility index (Phi) is 7.42. The molecule has 184 valence electrons. The summed E-state index contributed by atoms with van der Waals surface area (Å²) in [5, 5.41) is 3.29. The molecule has 0 aliphatic heterocycles. The summed E-state index contributed by atoms with van der Waals surface area (Å²) in [6.07, 6.45) is 0.705. The number of rotatable bonds is 9. The number of benzene rings is 4. The van der Waals surface area contributed by atoms with E-state index < -0.39 is 0 Å². The minimum atomic E-state index is -0.111. The van der Waals surface area contributed by atoms with Gasteiger partial charge in [0.1, 0.15) is 23.9 Å². The van der Waals surface area contributed by atoms with Crippen LogP contribution in [0.4, 0.5) is 11.4 Å². The average Bonchev–Trinajstić information content (AvgIpc) is 2.95. The van der Waals surface area contributed by atoms with E-state index in [1.807, 2.05) is 110 Å². The Morgan fingerprint density at radius 3 is 2.05 bits per heavy atom. The maximum Gasteiger partial charge on any atom is 0.277 e. The monoisotopic (exact) mass is 487 g/mol. The molecule has 37 heavy (non-hydrogen) atoms. The highest BCUT2D eigenvalue weighted by Gasteiger charge is 2.19. The van der Waals surface area contributed by atoms with E-state index in [-0.39, 0.29) is 5.56 Å². The first-order valence-corrected chi connectivity index (χ1v) is 12.4. The molecule has 0 bridgehead atoms. The van der Waals surface area contributed by atoms with E-state index in [1.54, 1.807) is 4.57 Å². The molecule has 0 aliphatic carbocycles. The summed E-state index contributed by atoms with van der Waals surface area (Å²) in [6.45, 7) is 2.78. The first-order chi connectivity index (χ1) is 18.2. The van der Waals surface area contributed by atoms with Crippen LogP contribution in [0.25, 0.3) is 11.4 Å². The highest BCUT2D eigenvalue weighted by atomic mass is 16.5. The van der Waals surface area contributed by atoms with E-state index in [1.165, 1.54) is 0 Å². The van der Waals surface area contributed by atoms with Crippen molar-refractivity contribution in [2.75, 3.05) is 5.32 Å². The lowest BCUT2D eigenvalue weighted by atomic mass is 10.1. The Bertz CT molecular complexity index is 1520. The summed E-state index contributed by atoms with van der Waals surface area (Å²) in [4.78, 5) is 18.9. The van der Waals surface area contributed by atoms with Crippen molar-refractivity contribution in [3.63, 3.8) is 0 Å². The van der Waals surface area contributed by atoms with Crippen molar-refractivity contribution in [3.05, 3.63) is 142 Å². The Morgan fingerprint density at radius 1 is 0.757 bits per heavy atom. The van der Waals surface area contributed by atoms with Gasteiger partial charge in [0.2, 0.25) is 0 Å². The van der Waals surface area contributed by atoms with Crippen LogP contribution >= 0.6 is 0 Å². The molecule has 0 atom stereocenters. The number of hydrogen-bond donors (Lipinski definition) is 1. The van der Waals surface area contributed by atoms with Gasteiger partial charge in [-0.05, 0) is 48.7 Å². The van der Waals surface area contributed by atoms with E-state index in [2.05, 4.69) is 17.4 Å². The summed E-state index contributed by atoms with van der Waals surface area (Å²) < 4.78 is 7.99. The molecular formula is C32H29N3O2. The van der Waals surface area contributed by atoms with Crippen molar-refractivity contribution in [2.45, 2.75) is 26.5 Å². The number of ether oxygens (including phenoxy) is 1. The van der Waals surface area contributed by atoms with Crippen molar-refractivity contribution in [3.8, 4) is 17.1 Å². The third-order valence-corrected chi connectivity index (χ3v) is 6.23. The standard InChI is InChI=1S/C32H29N3O2/c1-24-30(34-27-17-9-4-10-18-27)32(36)35(22-21-25-13-5-2-6-14-25)31(33-24)28-19-11-12-20-29(28)37-23-26-15-7-3-8-16-26/h2-20,34H,21-23H2,1H3. The lowest BCUT2D eigenvalue weighted by Gasteiger charge is -2.19. The summed E-state index contributed by atoms with van der Waals surface area (Å²) in [5.74, 6) is 1.29. The number of nitrogens with one attached hydrogen (secondary N) is 1. The fourth-order valence-corrected chi connectivity index (χ4v) is 4.28. The van der Waals surface area contributed by atoms with Crippen LogP contribution < -0.4 is 15.6 Å². The van der Waals surface area contributed by atoms with E-state index in [4.69, 9.17) is 9.72 Å². The average molecular weight is 488 g/mol. The third-order valence-electron chi connectivity index (χ3n) is 6.23. The van der Waals surface area contributed by atoms with Crippen molar-refractivity contribution in [2.24, 2.45) is 0 Å². The first kappa shape index (κ1) is 24.1. The molecule has 4 aromatic carbocycles. The molecule has 0 radical (unpaired) electrons. The van der Waals surface area contributed by atoms with Gasteiger partial charge < -0.3 is 10.1 Å². The Hall–Kier alpha value is -4.64. The smallest absolute Gasteiger partial charge is 0.277 e. The number of aryl methyl sites for hydroxylation is 2. The van der Waals surface area contributed by atoms with Crippen LogP contribution in [0.3, 0.4) is 0 Å². The number of hydrogen-bond acceptors (Lipinski definition) is 4. The van der Waals surface area contributed by atoms with Crippen molar-refractivity contribution >= 4 is 11.4 Å². The molecule has 0 spiro atoms. The fourth-order valence-electron chi connectivity index (χ4n) is 4.28. The van der Waals surface area contributed by atoms with E-state index >= 15 is 0 Å². The minimum Gasteiger partial charge on any atom is -0.488 e. The van der Waals surface area contributed by atoms with E-state index in [0.717, 1.165) is 22.4 Å². The number of aromatic nitrogens is 2. The molecule has 5 heteroatoms. The first-order valence-electron chi connectivity index (χ1n) is 12.4.